The summed E-state index contributed by atoms with van der Waals surface area (Å²) in [7, 11) is 1.57. The van der Waals surface area contributed by atoms with E-state index >= 15 is 0 Å². The van der Waals surface area contributed by atoms with Crippen molar-refractivity contribution in [2.75, 3.05) is 12.4 Å². The van der Waals surface area contributed by atoms with Crippen molar-refractivity contribution in [2.24, 2.45) is 17.3 Å². The molecule has 24 heavy (non-hydrogen) atoms. The molecule has 1 amide bonds. The Bertz CT molecular complexity index is 661. The number of hydrogen-bond acceptors (Lipinski definition) is 3. The number of nitrogens with one attached hydrogen (secondary N) is 1. The lowest BCUT2D eigenvalue weighted by Crippen LogP contribution is -2.56. The van der Waals surface area contributed by atoms with Crippen molar-refractivity contribution in [1.82, 2.24) is 0 Å². The third-order valence-corrected chi connectivity index (χ3v) is 6.42. The molecule has 0 spiro atoms. The monoisotopic (exact) mass is 349 g/mol. The summed E-state index contributed by atoms with van der Waals surface area (Å²) >= 11 is 6.12. The Kier molecular flexibility index (Phi) is 3.81. The minimum absolute atomic E-state index is 0.0147. The van der Waals surface area contributed by atoms with E-state index < -0.39 is 5.60 Å². The Morgan fingerprint density at radius 1 is 1.33 bits per heavy atom. The molecule has 2 N–H and O–H groups in total. The summed E-state index contributed by atoms with van der Waals surface area (Å²) in [4.78, 5) is 12.6. The van der Waals surface area contributed by atoms with E-state index in [2.05, 4.69) is 5.32 Å². The zero-order valence-corrected chi connectivity index (χ0v) is 14.7. The van der Waals surface area contributed by atoms with Crippen LogP contribution in [-0.2, 0) is 4.79 Å². The van der Waals surface area contributed by atoms with Crippen LogP contribution in [0.4, 0.5) is 5.69 Å². The molecule has 130 valence electrons. The van der Waals surface area contributed by atoms with Gasteiger partial charge in [0.25, 0.3) is 0 Å². The van der Waals surface area contributed by atoms with Crippen molar-refractivity contribution in [1.29, 1.82) is 0 Å². The zero-order valence-electron chi connectivity index (χ0n) is 14.0. The van der Waals surface area contributed by atoms with Crippen LogP contribution in [0.1, 0.15) is 44.9 Å². The third kappa shape index (κ3) is 2.91. The summed E-state index contributed by atoms with van der Waals surface area (Å²) in [6.07, 6.45) is 6.54. The number of rotatable bonds is 4. The van der Waals surface area contributed by atoms with Crippen LogP contribution in [0.25, 0.3) is 0 Å². The van der Waals surface area contributed by atoms with Gasteiger partial charge >= 0.3 is 0 Å². The molecule has 4 saturated carbocycles. The van der Waals surface area contributed by atoms with Gasteiger partial charge in [0.2, 0.25) is 5.91 Å². The number of methoxy groups -OCH3 is 1. The molecule has 1 aromatic rings. The van der Waals surface area contributed by atoms with Crippen LogP contribution < -0.4 is 10.1 Å². The van der Waals surface area contributed by atoms with Gasteiger partial charge in [-0.15, -0.1) is 0 Å². The maximum Gasteiger partial charge on any atom is 0.224 e. The Morgan fingerprint density at radius 2 is 2.04 bits per heavy atom. The lowest BCUT2D eigenvalue weighted by molar-refractivity contribution is -0.167. The van der Waals surface area contributed by atoms with Crippen LogP contribution in [0.15, 0.2) is 18.2 Å². The molecule has 5 rings (SSSR count). The highest BCUT2D eigenvalue weighted by Crippen LogP contribution is 2.62. The quantitative estimate of drug-likeness (QED) is 0.863. The maximum atomic E-state index is 12.6. The normalized spacial score (nSPS) is 36.6. The van der Waals surface area contributed by atoms with Crippen molar-refractivity contribution in [3.05, 3.63) is 23.2 Å². The maximum absolute atomic E-state index is 12.6. The van der Waals surface area contributed by atoms with Gasteiger partial charge < -0.3 is 15.2 Å². The highest BCUT2D eigenvalue weighted by molar-refractivity contribution is 6.32. The van der Waals surface area contributed by atoms with E-state index in [-0.39, 0.29) is 11.3 Å². The molecular weight excluding hydrogens is 326 g/mol. The van der Waals surface area contributed by atoms with E-state index in [1.807, 2.05) is 0 Å². The first-order chi connectivity index (χ1) is 11.4. The number of carbonyl (C=O) groups is 1. The highest BCUT2D eigenvalue weighted by atomic mass is 35.5. The molecule has 2 unspecified atom stereocenters. The van der Waals surface area contributed by atoms with Crippen LogP contribution in [0.5, 0.6) is 5.75 Å². The lowest BCUT2D eigenvalue weighted by atomic mass is 9.47. The number of carbonyl (C=O) groups excluding carboxylic acids is 1. The fraction of sp³-hybridized carbons (Fsp3) is 0.632. The van der Waals surface area contributed by atoms with E-state index in [1.54, 1.807) is 25.3 Å². The van der Waals surface area contributed by atoms with Crippen molar-refractivity contribution in [3.8, 4) is 5.75 Å². The first kappa shape index (κ1) is 16.2. The topological polar surface area (TPSA) is 58.6 Å². The Hall–Kier alpha value is -1.26. The van der Waals surface area contributed by atoms with Crippen LogP contribution in [0.2, 0.25) is 5.02 Å². The number of aliphatic hydroxyl groups is 1. The molecule has 0 aromatic heterocycles. The van der Waals surface area contributed by atoms with Gasteiger partial charge in [-0.3, -0.25) is 4.79 Å². The zero-order chi connectivity index (χ0) is 16.9. The average molecular weight is 350 g/mol. The molecule has 4 nitrogen and oxygen atoms in total. The molecule has 4 fully saturated rings. The molecule has 1 aromatic carbocycles. The summed E-state index contributed by atoms with van der Waals surface area (Å²) in [5, 5.41) is 14.2. The van der Waals surface area contributed by atoms with E-state index in [1.165, 1.54) is 6.42 Å². The van der Waals surface area contributed by atoms with E-state index in [0.717, 1.165) is 32.1 Å². The molecular formula is C19H24ClNO3. The van der Waals surface area contributed by atoms with Crippen LogP contribution >= 0.6 is 11.6 Å². The molecule has 0 radical (unpaired) electrons. The van der Waals surface area contributed by atoms with Crippen LogP contribution in [0.3, 0.4) is 0 Å². The number of benzene rings is 1. The predicted molar refractivity (Wildman–Crippen MR) is 93.3 cm³/mol. The van der Waals surface area contributed by atoms with Gasteiger partial charge in [0.15, 0.2) is 0 Å². The Balaban J connectivity index is 1.46. The SMILES string of the molecule is COc1ccc(NC(=O)CC23C[C@@H]4C[C@@H](CC(O)(C4)C2)C3)cc1Cl. The van der Waals surface area contributed by atoms with Gasteiger partial charge in [0.1, 0.15) is 5.75 Å². The van der Waals surface area contributed by atoms with Crippen LogP contribution in [-0.4, -0.2) is 23.7 Å². The summed E-state index contributed by atoms with van der Waals surface area (Å²) in [5.74, 6) is 1.80. The number of anilines is 1. The van der Waals surface area contributed by atoms with E-state index in [4.69, 9.17) is 16.3 Å². The second kappa shape index (κ2) is 5.63. The van der Waals surface area contributed by atoms with E-state index in [9.17, 15) is 9.90 Å². The lowest BCUT2D eigenvalue weighted by Gasteiger charge is -2.60. The van der Waals surface area contributed by atoms with Crippen molar-refractivity contribution < 1.29 is 14.6 Å². The molecule has 4 aliphatic rings. The fourth-order valence-corrected chi connectivity index (χ4v) is 6.16. The second-order valence-electron chi connectivity index (χ2n) is 8.26. The van der Waals surface area contributed by atoms with Gasteiger partial charge in [-0.2, -0.15) is 0 Å². The molecule has 4 aliphatic carbocycles. The van der Waals surface area contributed by atoms with Crippen molar-refractivity contribution >= 4 is 23.2 Å². The molecule has 0 heterocycles. The Morgan fingerprint density at radius 3 is 2.62 bits per heavy atom. The molecule has 0 saturated heterocycles. The summed E-state index contributed by atoms with van der Waals surface area (Å²) in [6, 6.07) is 5.27. The summed E-state index contributed by atoms with van der Waals surface area (Å²) in [5.41, 5.74) is 0.154. The minimum Gasteiger partial charge on any atom is -0.495 e. The van der Waals surface area contributed by atoms with Gasteiger partial charge in [0, 0.05) is 12.1 Å². The van der Waals surface area contributed by atoms with E-state index in [0.29, 0.717) is 34.7 Å². The largest absolute Gasteiger partial charge is 0.495 e. The van der Waals surface area contributed by atoms with Gasteiger partial charge in [-0.1, -0.05) is 11.6 Å². The average Bonchev–Trinajstić information content (AvgIpc) is 2.43. The first-order valence-corrected chi connectivity index (χ1v) is 9.12. The molecule has 4 atom stereocenters. The first-order valence-electron chi connectivity index (χ1n) is 8.75. The standard InChI is InChI=1S/C19H24ClNO3/c1-24-16-3-2-14(5-15(16)20)21-17(22)10-18-6-12-4-13(7-18)9-19(23,8-12)11-18/h2-3,5,12-13,23H,4,6-11H2,1H3,(H,21,22)/t12-,13+,18?,19?. The fourth-order valence-electron chi connectivity index (χ4n) is 5.90. The summed E-state index contributed by atoms with van der Waals surface area (Å²) in [6.45, 7) is 0. The van der Waals surface area contributed by atoms with Gasteiger partial charge in [-0.25, -0.2) is 0 Å². The number of ether oxygens (including phenoxy) is 1. The van der Waals surface area contributed by atoms with Crippen LogP contribution in [0, 0.1) is 17.3 Å². The van der Waals surface area contributed by atoms with Crippen molar-refractivity contribution in [2.45, 2.75) is 50.5 Å². The Labute approximate surface area is 147 Å². The number of hydrogen-bond donors (Lipinski definition) is 2. The molecule has 5 heteroatoms. The highest BCUT2D eigenvalue weighted by Gasteiger charge is 2.57. The third-order valence-electron chi connectivity index (χ3n) is 6.12. The number of amides is 1. The second-order valence-corrected chi connectivity index (χ2v) is 8.67. The predicted octanol–water partition coefficient (Wildman–Crippen LogP) is 4.01. The van der Waals surface area contributed by atoms with Gasteiger partial charge in [0.05, 0.1) is 17.7 Å². The summed E-state index contributed by atoms with van der Waals surface area (Å²) < 4.78 is 5.13. The number of halogens is 1. The smallest absolute Gasteiger partial charge is 0.224 e. The molecule has 4 bridgehead atoms. The molecule has 0 aliphatic heterocycles. The van der Waals surface area contributed by atoms with Gasteiger partial charge in [-0.05, 0) is 74.0 Å². The minimum atomic E-state index is -0.520. The van der Waals surface area contributed by atoms with Crippen molar-refractivity contribution in [3.63, 3.8) is 0 Å².